The molecule has 0 aliphatic carbocycles. The summed E-state index contributed by atoms with van der Waals surface area (Å²) >= 11 is 0. The summed E-state index contributed by atoms with van der Waals surface area (Å²) in [5.74, 6) is -1.50. The van der Waals surface area contributed by atoms with Gasteiger partial charge in [-0.3, -0.25) is 0 Å². The van der Waals surface area contributed by atoms with Crippen molar-refractivity contribution in [2.75, 3.05) is 7.05 Å². The molecular weight excluding hydrogens is 321 g/mol. The molecule has 2 aromatic carbocycles. The number of benzene rings is 2. The average molecular weight is 337 g/mol. The lowest BCUT2D eigenvalue weighted by atomic mass is 10.1. The lowest BCUT2D eigenvalue weighted by Gasteiger charge is -2.18. The first-order valence-electron chi connectivity index (χ1n) is 6.76. The zero-order valence-electron chi connectivity index (χ0n) is 12.7. The molecule has 0 aliphatic rings. The number of nitrogens with zero attached hydrogens (tertiary/aromatic N) is 1. The number of aryl methyl sites for hydroxylation is 1. The molecule has 0 bridgehead atoms. The van der Waals surface area contributed by atoms with Gasteiger partial charge in [0, 0.05) is 13.6 Å². The van der Waals surface area contributed by atoms with Crippen LogP contribution < -0.4 is 0 Å². The molecule has 0 heterocycles. The summed E-state index contributed by atoms with van der Waals surface area (Å²) < 4.78 is 39.1. The third kappa shape index (κ3) is 3.75. The summed E-state index contributed by atoms with van der Waals surface area (Å²) in [5.41, 5.74) is 1.08. The monoisotopic (exact) mass is 337 g/mol. The molecular formula is C16H16FNO4S. The largest absolute Gasteiger partial charge is 0.478 e. The summed E-state index contributed by atoms with van der Waals surface area (Å²) in [6, 6.07) is 9.44. The van der Waals surface area contributed by atoms with Crippen molar-refractivity contribution in [3.05, 3.63) is 65.0 Å². The topological polar surface area (TPSA) is 74.7 Å². The molecule has 23 heavy (non-hydrogen) atoms. The van der Waals surface area contributed by atoms with Crippen LogP contribution in [0.4, 0.5) is 4.39 Å². The van der Waals surface area contributed by atoms with Gasteiger partial charge in [-0.15, -0.1) is 0 Å². The van der Waals surface area contributed by atoms with E-state index in [1.165, 1.54) is 49.5 Å². The van der Waals surface area contributed by atoms with Crippen LogP contribution in [0.2, 0.25) is 0 Å². The van der Waals surface area contributed by atoms with Crippen molar-refractivity contribution >= 4 is 16.0 Å². The number of carboxylic acid groups (broad SMARTS) is 1. The van der Waals surface area contributed by atoms with E-state index in [0.29, 0.717) is 11.1 Å². The van der Waals surface area contributed by atoms with Crippen LogP contribution in [0, 0.1) is 12.7 Å². The smallest absolute Gasteiger partial charge is 0.335 e. The highest BCUT2D eigenvalue weighted by molar-refractivity contribution is 7.89. The predicted molar refractivity (Wildman–Crippen MR) is 83.2 cm³/mol. The minimum Gasteiger partial charge on any atom is -0.478 e. The molecule has 0 saturated heterocycles. The molecule has 0 atom stereocenters. The minimum absolute atomic E-state index is 0.0182. The Kier molecular flexibility index (Phi) is 4.82. The standard InChI is InChI=1S/C16H16FNO4S/c1-11-9-14(7-8-15(11)16(19)20)23(21,22)18(2)10-12-3-5-13(17)6-4-12/h3-9H,10H2,1-2H3,(H,19,20). The molecule has 0 aromatic heterocycles. The second kappa shape index (κ2) is 6.47. The van der Waals surface area contributed by atoms with Crippen LogP contribution in [-0.2, 0) is 16.6 Å². The van der Waals surface area contributed by atoms with Gasteiger partial charge in [-0.25, -0.2) is 17.6 Å². The zero-order chi connectivity index (χ0) is 17.2. The summed E-state index contributed by atoms with van der Waals surface area (Å²) in [5, 5.41) is 9.00. The number of halogens is 1. The SMILES string of the molecule is Cc1cc(S(=O)(=O)N(C)Cc2ccc(F)cc2)ccc1C(=O)O. The van der Waals surface area contributed by atoms with Crippen molar-refractivity contribution in [1.29, 1.82) is 0 Å². The van der Waals surface area contributed by atoms with Crippen LogP contribution in [0.3, 0.4) is 0 Å². The van der Waals surface area contributed by atoms with E-state index in [-0.39, 0.29) is 22.8 Å². The van der Waals surface area contributed by atoms with Crippen molar-refractivity contribution in [1.82, 2.24) is 4.31 Å². The van der Waals surface area contributed by atoms with Gasteiger partial charge in [0.05, 0.1) is 10.5 Å². The maximum atomic E-state index is 12.9. The van der Waals surface area contributed by atoms with E-state index in [9.17, 15) is 17.6 Å². The average Bonchev–Trinajstić information content (AvgIpc) is 2.49. The van der Waals surface area contributed by atoms with Crippen LogP contribution >= 0.6 is 0 Å². The van der Waals surface area contributed by atoms with Crippen LogP contribution in [0.1, 0.15) is 21.5 Å². The molecule has 0 aliphatic heterocycles. The Hall–Kier alpha value is -2.25. The summed E-state index contributed by atoms with van der Waals surface area (Å²) in [6.07, 6.45) is 0. The predicted octanol–water partition coefficient (Wildman–Crippen LogP) is 2.65. The van der Waals surface area contributed by atoms with Crippen LogP contribution in [-0.4, -0.2) is 30.8 Å². The first-order chi connectivity index (χ1) is 10.7. The highest BCUT2D eigenvalue weighted by atomic mass is 32.2. The quantitative estimate of drug-likeness (QED) is 0.910. The first-order valence-corrected chi connectivity index (χ1v) is 8.20. The Morgan fingerprint density at radius 3 is 2.30 bits per heavy atom. The lowest BCUT2D eigenvalue weighted by Crippen LogP contribution is -2.26. The highest BCUT2D eigenvalue weighted by Gasteiger charge is 2.22. The molecule has 0 saturated carbocycles. The second-order valence-corrected chi connectivity index (χ2v) is 7.21. The van der Waals surface area contributed by atoms with E-state index in [4.69, 9.17) is 5.11 Å². The number of hydrogen-bond donors (Lipinski definition) is 1. The number of sulfonamides is 1. The summed E-state index contributed by atoms with van der Waals surface area (Å²) in [7, 11) is -2.35. The fourth-order valence-corrected chi connectivity index (χ4v) is 3.39. The minimum atomic E-state index is -3.77. The molecule has 0 fully saturated rings. The Labute approximate surface area is 134 Å². The molecule has 2 rings (SSSR count). The van der Waals surface area contributed by atoms with Gasteiger partial charge in [0.1, 0.15) is 5.82 Å². The normalized spacial score (nSPS) is 11.7. The Bertz CT molecular complexity index is 832. The van der Waals surface area contributed by atoms with E-state index in [2.05, 4.69) is 0 Å². The fraction of sp³-hybridized carbons (Fsp3) is 0.188. The zero-order valence-corrected chi connectivity index (χ0v) is 13.5. The number of rotatable bonds is 5. The Balaban J connectivity index is 2.28. The van der Waals surface area contributed by atoms with E-state index in [1.54, 1.807) is 6.92 Å². The number of hydrogen-bond acceptors (Lipinski definition) is 3. The molecule has 5 nitrogen and oxygen atoms in total. The molecule has 0 spiro atoms. The Morgan fingerprint density at radius 2 is 1.78 bits per heavy atom. The van der Waals surface area contributed by atoms with E-state index >= 15 is 0 Å². The third-order valence-corrected chi connectivity index (χ3v) is 5.25. The second-order valence-electron chi connectivity index (χ2n) is 5.17. The van der Waals surface area contributed by atoms with Crippen molar-refractivity contribution in [2.24, 2.45) is 0 Å². The van der Waals surface area contributed by atoms with Gasteiger partial charge in [-0.1, -0.05) is 12.1 Å². The van der Waals surface area contributed by atoms with E-state index < -0.39 is 16.0 Å². The van der Waals surface area contributed by atoms with Crippen molar-refractivity contribution in [3.63, 3.8) is 0 Å². The van der Waals surface area contributed by atoms with E-state index in [0.717, 1.165) is 4.31 Å². The molecule has 1 N–H and O–H groups in total. The fourth-order valence-electron chi connectivity index (χ4n) is 2.15. The molecule has 2 aromatic rings. The van der Waals surface area contributed by atoms with Crippen molar-refractivity contribution in [3.8, 4) is 0 Å². The van der Waals surface area contributed by atoms with Gasteiger partial charge < -0.3 is 5.11 Å². The lowest BCUT2D eigenvalue weighted by molar-refractivity contribution is 0.0696. The maximum Gasteiger partial charge on any atom is 0.335 e. The summed E-state index contributed by atoms with van der Waals surface area (Å²) in [6.45, 7) is 1.63. The number of aromatic carboxylic acids is 1. The van der Waals surface area contributed by atoms with E-state index in [1.807, 2.05) is 0 Å². The van der Waals surface area contributed by atoms with Gasteiger partial charge in [-0.2, -0.15) is 4.31 Å². The molecule has 0 amide bonds. The van der Waals surface area contributed by atoms with Gasteiger partial charge in [0.2, 0.25) is 10.0 Å². The van der Waals surface area contributed by atoms with Gasteiger partial charge >= 0.3 is 5.97 Å². The van der Waals surface area contributed by atoms with Crippen molar-refractivity contribution < 1.29 is 22.7 Å². The first kappa shape index (κ1) is 17.1. The number of carboxylic acids is 1. The third-order valence-electron chi connectivity index (χ3n) is 3.45. The number of carbonyl (C=O) groups is 1. The molecule has 7 heteroatoms. The molecule has 0 radical (unpaired) electrons. The molecule has 122 valence electrons. The molecule has 0 unspecified atom stereocenters. The Morgan fingerprint density at radius 1 is 1.17 bits per heavy atom. The van der Waals surface area contributed by atoms with Crippen LogP contribution in [0.25, 0.3) is 0 Å². The maximum absolute atomic E-state index is 12.9. The van der Waals surface area contributed by atoms with Gasteiger partial charge in [-0.05, 0) is 48.4 Å². The van der Waals surface area contributed by atoms with Crippen molar-refractivity contribution in [2.45, 2.75) is 18.4 Å². The van der Waals surface area contributed by atoms with Crippen LogP contribution in [0.15, 0.2) is 47.4 Å². The van der Waals surface area contributed by atoms with Gasteiger partial charge in [0.15, 0.2) is 0 Å². The summed E-state index contributed by atoms with van der Waals surface area (Å²) in [4.78, 5) is 11.0. The van der Waals surface area contributed by atoms with Gasteiger partial charge in [0.25, 0.3) is 0 Å². The van der Waals surface area contributed by atoms with Crippen LogP contribution in [0.5, 0.6) is 0 Å². The highest BCUT2D eigenvalue weighted by Crippen LogP contribution is 2.20.